The first kappa shape index (κ1) is 11.1. The van der Waals surface area contributed by atoms with Gasteiger partial charge in [-0.15, -0.1) is 0 Å². The van der Waals surface area contributed by atoms with Crippen LogP contribution in [0.3, 0.4) is 0 Å². The third kappa shape index (κ3) is 3.32. The number of aromatic nitrogens is 1. The average molecular weight is 204 g/mol. The number of rotatable bonds is 4. The smallest absolute Gasteiger partial charge is 0.213 e. The van der Waals surface area contributed by atoms with Crippen LogP contribution in [-0.2, 0) is 0 Å². The quantitative estimate of drug-likeness (QED) is 0.429. The maximum Gasteiger partial charge on any atom is 0.213 e. The van der Waals surface area contributed by atoms with Crippen LogP contribution in [0, 0.1) is 6.92 Å². The van der Waals surface area contributed by atoms with E-state index in [9.17, 15) is 0 Å². The number of pyridine rings is 1. The van der Waals surface area contributed by atoms with Crippen LogP contribution in [0.25, 0.3) is 16.5 Å². The molecule has 5 nitrogen and oxygen atoms in total. The van der Waals surface area contributed by atoms with Gasteiger partial charge in [0.05, 0.1) is 7.11 Å². The molecular weight excluding hydrogens is 192 g/mol. The second kappa shape index (κ2) is 5.67. The predicted octanol–water partition coefficient (Wildman–Crippen LogP) is 2.72. The van der Waals surface area contributed by atoms with Crippen molar-refractivity contribution in [1.82, 2.24) is 4.98 Å². The third-order valence-corrected chi connectivity index (χ3v) is 1.86. The number of azide groups is 1. The molecule has 1 aromatic rings. The SMILES string of the molecule is COc1ccc(C=CCN=[N+]=[N-])c(C)n1. The fourth-order valence-electron chi connectivity index (χ4n) is 1.10. The van der Waals surface area contributed by atoms with Gasteiger partial charge in [0.2, 0.25) is 5.88 Å². The highest BCUT2D eigenvalue weighted by molar-refractivity contribution is 5.52. The first-order chi connectivity index (χ1) is 7.27. The Labute approximate surface area is 88.0 Å². The zero-order valence-corrected chi connectivity index (χ0v) is 8.71. The molecule has 5 heteroatoms. The summed E-state index contributed by atoms with van der Waals surface area (Å²) in [7, 11) is 1.58. The van der Waals surface area contributed by atoms with E-state index in [0.29, 0.717) is 12.4 Å². The molecular formula is C10H12N4O. The van der Waals surface area contributed by atoms with Crippen LogP contribution in [0.15, 0.2) is 23.3 Å². The Morgan fingerprint density at radius 1 is 1.60 bits per heavy atom. The third-order valence-electron chi connectivity index (χ3n) is 1.86. The zero-order chi connectivity index (χ0) is 11.1. The van der Waals surface area contributed by atoms with Gasteiger partial charge in [-0.3, -0.25) is 0 Å². The molecule has 78 valence electrons. The van der Waals surface area contributed by atoms with Crippen LogP contribution < -0.4 is 4.74 Å². The molecule has 0 aliphatic rings. The molecule has 15 heavy (non-hydrogen) atoms. The van der Waals surface area contributed by atoms with Crippen molar-refractivity contribution in [3.8, 4) is 5.88 Å². The lowest BCUT2D eigenvalue weighted by Gasteiger charge is -2.02. The lowest BCUT2D eigenvalue weighted by atomic mass is 10.2. The van der Waals surface area contributed by atoms with Crippen LogP contribution >= 0.6 is 0 Å². The minimum absolute atomic E-state index is 0.349. The van der Waals surface area contributed by atoms with Crippen molar-refractivity contribution in [1.29, 1.82) is 0 Å². The van der Waals surface area contributed by atoms with E-state index < -0.39 is 0 Å². The lowest BCUT2D eigenvalue weighted by Crippen LogP contribution is -1.91. The molecule has 0 fully saturated rings. The standard InChI is InChI=1S/C10H12N4O/c1-8-9(4-3-7-12-14-11)5-6-10(13-8)15-2/h3-6H,7H2,1-2H3. The van der Waals surface area contributed by atoms with Crippen LogP contribution in [0.5, 0.6) is 5.88 Å². The Hall–Kier alpha value is -2.00. The number of hydrogen-bond donors (Lipinski definition) is 0. The molecule has 0 aromatic carbocycles. The van der Waals surface area contributed by atoms with Crippen LogP contribution in [0.2, 0.25) is 0 Å². The zero-order valence-electron chi connectivity index (χ0n) is 8.71. The number of methoxy groups -OCH3 is 1. The van der Waals surface area contributed by atoms with Crippen molar-refractivity contribution in [3.05, 3.63) is 39.9 Å². The monoisotopic (exact) mass is 204 g/mol. The summed E-state index contributed by atoms with van der Waals surface area (Å²) in [6, 6.07) is 3.70. The summed E-state index contributed by atoms with van der Waals surface area (Å²) in [5.74, 6) is 0.597. The molecule has 0 saturated heterocycles. The van der Waals surface area contributed by atoms with Gasteiger partial charge in [0, 0.05) is 23.2 Å². The van der Waals surface area contributed by atoms with E-state index in [1.165, 1.54) is 0 Å². The summed E-state index contributed by atoms with van der Waals surface area (Å²) in [6.07, 6.45) is 3.66. The normalized spacial score (nSPS) is 10.0. The second-order valence-corrected chi connectivity index (χ2v) is 2.84. The Morgan fingerprint density at radius 2 is 2.40 bits per heavy atom. The number of nitrogens with zero attached hydrogens (tertiary/aromatic N) is 4. The highest BCUT2D eigenvalue weighted by Gasteiger charge is 1.97. The van der Waals surface area contributed by atoms with Crippen LogP contribution in [-0.4, -0.2) is 18.6 Å². The van der Waals surface area contributed by atoms with Gasteiger partial charge in [0.1, 0.15) is 0 Å². The van der Waals surface area contributed by atoms with Crippen molar-refractivity contribution in [3.63, 3.8) is 0 Å². The fraction of sp³-hybridized carbons (Fsp3) is 0.300. The second-order valence-electron chi connectivity index (χ2n) is 2.84. The maximum absolute atomic E-state index is 8.08. The maximum atomic E-state index is 8.08. The summed E-state index contributed by atoms with van der Waals surface area (Å²) >= 11 is 0. The number of ether oxygens (including phenoxy) is 1. The van der Waals surface area contributed by atoms with E-state index in [-0.39, 0.29) is 0 Å². The van der Waals surface area contributed by atoms with Gasteiger partial charge in [-0.05, 0) is 24.1 Å². The summed E-state index contributed by atoms with van der Waals surface area (Å²) in [5, 5.41) is 3.40. The molecule has 0 unspecified atom stereocenters. The highest BCUT2D eigenvalue weighted by Crippen LogP contribution is 2.13. The average Bonchev–Trinajstić information content (AvgIpc) is 2.26. The van der Waals surface area contributed by atoms with E-state index in [4.69, 9.17) is 10.3 Å². The molecule has 0 radical (unpaired) electrons. The van der Waals surface area contributed by atoms with E-state index in [1.54, 1.807) is 19.3 Å². The van der Waals surface area contributed by atoms with E-state index in [2.05, 4.69) is 15.0 Å². The first-order valence-electron chi connectivity index (χ1n) is 4.47. The summed E-state index contributed by atoms with van der Waals surface area (Å²) in [5.41, 5.74) is 9.95. The van der Waals surface area contributed by atoms with Gasteiger partial charge < -0.3 is 4.74 Å². The summed E-state index contributed by atoms with van der Waals surface area (Å²) in [4.78, 5) is 6.87. The van der Waals surface area contributed by atoms with Crippen LogP contribution in [0.4, 0.5) is 0 Å². The van der Waals surface area contributed by atoms with Gasteiger partial charge in [-0.2, -0.15) is 0 Å². The van der Waals surface area contributed by atoms with Gasteiger partial charge in [-0.25, -0.2) is 4.98 Å². The van der Waals surface area contributed by atoms with Crippen molar-refractivity contribution in [2.24, 2.45) is 5.11 Å². The van der Waals surface area contributed by atoms with E-state index >= 15 is 0 Å². The van der Waals surface area contributed by atoms with Crippen molar-refractivity contribution >= 4 is 6.08 Å². The summed E-state index contributed by atoms with van der Waals surface area (Å²) in [6.45, 7) is 2.25. The van der Waals surface area contributed by atoms with E-state index in [1.807, 2.05) is 19.1 Å². The minimum Gasteiger partial charge on any atom is -0.481 e. The summed E-state index contributed by atoms with van der Waals surface area (Å²) < 4.78 is 4.99. The molecule has 0 bridgehead atoms. The van der Waals surface area contributed by atoms with Gasteiger partial charge in [0.15, 0.2) is 0 Å². The molecule has 0 aliphatic carbocycles. The minimum atomic E-state index is 0.349. The molecule has 0 N–H and O–H groups in total. The number of aryl methyl sites for hydroxylation is 1. The molecule has 0 atom stereocenters. The van der Waals surface area contributed by atoms with Crippen molar-refractivity contribution < 1.29 is 4.74 Å². The topological polar surface area (TPSA) is 70.9 Å². The lowest BCUT2D eigenvalue weighted by molar-refractivity contribution is 0.397. The molecule has 1 rings (SSSR count). The first-order valence-corrected chi connectivity index (χ1v) is 4.47. The van der Waals surface area contributed by atoms with Gasteiger partial charge >= 0.3 is 0 Å². The van der Waals surface area contributed by atoms with E-state index in [0.717, 1.165) is 11.3 Å². The fourth-order valence-corrected chi connectivity index (χ4v) is 1.10. The Morgan fingerprint density at radius 3 is 3.00 bits per heavy atom. The van der Waals surface area contributed by atoms with Gasteiger partial charge in [0.25, 0.3) is 0 Å². The Bertz CT molecular complexity index is 408. The molecule has 0 aliphatic heterocycles. The van der Waals surface area contributed by atoms with Crippen molar-refractivity contribution in [2.45, 2.75) is 6.92 Å². The largest absolute Gasteiger partial charge is 0.481 e. The predicted molar refractivity (Wildman–Crippen MR) is 58.6 cm³/mol. The highest BCUT2D eigenvalue weighted by atomic mass is 16.5. The molecule has 0 amide bonds. The number of hydrogen-bond acceptors (Lipinski definition) is 3. The van der Waals surface area contributed by atoms with Crippen LogP contribution in [0.1, 0.15) is 11.3 Å². The van der Waals surface area contributed by atoms with Gasteiger partial charge in [-0.1, -0.05) is 17.3 Å². The van der Waals surface area contributed by atoms with Crippen molar-refractivity contribution in [2.75, 3.05) is 13.7 Å². The molecule has 1 aromatic heterocycles. The Balaban J connectivity index is 2.77. The molecule has 0 saturated carbocycles. The Kier molecular flexibility index (Phi) is 4.19. The molecule has 0 spiro atoms. The molecule has 1 heterocycles.